The van der Waals surface area contributed by atoms with Crippen molar-refractivity contribution in [2.24, 2.45) is 11.6 Å². The van der Waals surface area contributed by atoms with Crippen molar-refractivity contribution in [3.05, 3.63) is 65.4 Å². The molecular formula is C25H34N8O. The van der Waals surface area contributed by atoms with Crippen LogP contribution in [0.4, 0.5) is 5.95 Å². The Balaban J connectivity index is 1.49. The summed E-state index contributed by atoms with van der Waals surface area (Å²) in [6.45, 7) is 4.20. The molecule has 2 aromatic heterocycles. The van der Waals surface area contributed by atoms with Gasteiger partial charge in [0.15, 0.2) is 0 Å². The topological polar surface area (TPSA) is 120 Å². The lowest BCUT2D eigenvalue weighted by molar-refractivity contribution is 0.153. The summed E-state index contributed by atoms with van der Waals surface area (Å²) in [7, 11) is 1.75. The van der Waals surface area contributed by atoms with Gasteiger partial charge in [0.2, 0.25) is 5.95 Å². The van der Waals surface area contributed by atoms with Gasteiger partial charge in [0.25, 0.3) is 0 Å². The van der Waals surface area contributed by atoms with E-state index in [1.807, 2.05) is 56.3 Å². The van der Waals surface area contributed by atoms with Crippen molar-refractivity contribution in [1.29, 1.82) is 0 Å². The summed E-state index contributed by atoms with van der Waals surface area (Å²) in [6.07, 6.45) is 6.22. The molecule has 34 heavy (non-hydrogen) atoms. The number of rotatable bonds is 8. The highest BCUT2D eigenvalue weighted by Crippen LogP contribution is 2.26. The first kappa shape index (κ1) is 23.6. The zero-order valence-corrected chi connectivity index (χ0v) is 20.2. The van der Waals surface area contributed by atoms with Crippen LogP contribution in [0.3, 0.4) is 0 Å². The van der Waals surface area contributed by atoms with Crippen LogP contribution in [0.15, 0.2) is 48.2 Å². The minimum atomic E-state index is 0.273. The molecule has 180 valence electrons. The number of nitrogens with zero attached hydrogens (tertiary/aromatic N) is 5. The van der Waals surface area contributed by atoms with Crippen molar-refractivity contribution in [3.63, 3.8) is 0 Å². The Morgan fingerprint density at radius 2 is 1.82 bits per heavy atom. The third-order valence-corrected chi connectivity index (χ3v) is 6.08. The summed E-state index contributed by atoms with van der Waals surface area (Å²) in [6, 6.07) is 13.7. The predicted molar refractivity (Wildman–Crippen MR) is 134 cm³/mol. The molecule has 1 aromatic carbocycles. The lowest BCUT2D eigenvalue weighted by Gasteiger charge is -2.24. The summed E-state index contributed by atoms with van der Waals surface area (Å²) in [5.74, 6) is 8.20. The maximum absolute atomic E-state index is 6.50. The van der Waals surface area contributed by atoms with Crippen LogP contribution in [0.2, 0.25) is 0 Å². The number of nitrogens with one attached hydrogen (secondary N) is 1. The minimum absolute atomic E-state index is 0.273. The van der Waals surface area contributed by atoms with E-state index in [4.69, 9.17) is 21.3 Å². The smallest absolute Gasteiger partial charge is 0.243 e. The van der Waals surface area contributed by atoms with E-state index in [9.17, 15) is 0 Å². The number of nitrogens with two attached hydrogens (primary N) is 2. The van der Waals surface area contributed by atoms with Crippen LogP contribution in [0, 0.1) is 13.8 Å². The number of hydrogen-bond donors (Lipinski definition) is 3. The number of pyridine rings is 1. The van der Waals surface area contributed by atoms with E-state index in [2.05, 4.69) is 15.4 Å². The Labute approximate surface area is 200 Å². The third kappa shape index (κ3) is 5.48. The van der Waals surface area contributed by atoms with Gasteiger partial charge in [-0.1, -0.05) is 24.6 Å². The average molecular weight is 463 g/mol. The fourth-order valence-corrected chi connectivity index (χ4v) is 4.18. The summed E-state index contributed by atoms with van der Waals surface area (Å²) in [4.78, 5) is 9.22. The van der Waals surface area contributed by atoms with Crippen molar-refractivity contribution in [3.8, 4) is 11.4 Å². The second-order valence-electron chi connectivity index (χ2n) is 8.71. The molecule has 4 rings (SSSR count). The first-order chi connectivity index (χ1) is 16.4. The highest BCUT2D eigenvalue weighted by molar-refractivity contribution is 5.64. The molecule has 0 amide bonds. The van der Waals surface area contributed by atoms with E-state index in [0.717, 1.165) is 35.8 Å². The molecule has 1 aliphatic carbocycles. The molecule has 0 unspecified atom stereocenters. The zero-order chi connectivity index (χ0) is 24.1. The van der Waals surface area contributed by atoms with Crippen molar-refractivity contribution in [2.75, 3.05) is 18.9 Å². The molecule has 1 fully saturated rings. The van der Waals surface area contributed by atoms with E-state index in [-0.39, 0.29) is 6.10 Å². The summed E-state index contributed by atoms with van der Waals surface area (Å²) in [5.41, 5.74) is 10.1. The van der Waals surface area contributed by atoms with E-state index < -0.39 is 0 Å². The van der Waals surface area contributed by atoms with Gasteiger partial charge >= 0.3 is 0 Å². The lowest BCUT2D eigenvalue weighted by Crippen LogP contribution is -2.32. The molecule has 5 N–H and O–H groups in total. The van der Waals surface area contributed by atoms with Crippen molar-refractivity contribution in [1.82, 2.24) is 24.8 Å². The minimum Gasteiger partial charge on any atom is -0.489 e. The number of anilines is 1. The fourth-order valence-electron chi connectivity index (χ4n) is 4.18. The Morgan fingerprint density at radius 3 is 2.50 bits per heavy atom. The molecule has 1 aliphatic rings. The number of aryl methyl sites for hydroxylation is 2. The van der Waals surface area contributed by atoms with E-state index in [0.29, 0.717) is 29.6 Å². The average Bonchev–Trinajstić information content (AvgIpc) is 3.21. The molecular weight excluding hydrogens is 428 g/mol. The largest absolute Gasteiger partial charge is 0.489 e. The standard InChI is InChI=1S/C25H34N8O/c1-17-23(34-20-12-8-5-9-13-20)15-14-21(29-17)24(26)22(32(3)27)16-28-25-30-18(2)33(31-25)19-10-6-4-7-11-19/h4,6-7,10-11,14-15,20H,5,8-9,12-13,16,26-27H2,1-3H3,(H,28,31)/b24-22-. The van der Waals surface area contributed by atoms with Gasteiger partial charge in [-0.3, -0.25) is 0 Å². The van der Waals surface area contributed by atoms with Crippen LogP contribution in [-0.2, 0) is 0 Å². The van der Waals surface area contributed by atoms with Gasteiger partial charge < -0.3 is 20.8 Å². The van der Waals surface area contributed by atoms with Crippen LogP contribution in [0.5, 0.6) is 5.75 Å². The van der Waals surface area contributed by atoms with Crippen LogP contribution >= 0.6 is 0 Å². The molecule has 0 spiro atoms. The number of benzene rings is 1. The highest BCUT2D eigenvalue weighted by Gasteiger charge is 2.18. The third-order valence-electron chi connectivity index (χ3n) is 6.08. The SMILES string of the molecule is Cc1nc(/C(N)=C(\CNc2nc(C)n(-c3ccccc3)n2)N(C)N)ccc1OC1CCCCC1. The molecule has 3 aromatic rings. The molecule has 1 saturated carbocycles. The number of hydrazine groups is 1. The molecule has 0 atom stereocenters. The maximum atomic E-state index is 6.50. The van der Waals surface area contributed by atoms with Crippen molar-refractivity contribution >= 4 is 11.6 Å². The number of aromatic nitrogens is 4. The molecule has 0 radical (unpaired) electrons. The number of hydrogen-bond acceptors (Lipinski definition) is 8. The van der Waals surface area contributed by atoms with Crippen LogP contribution in [0.1, 0.15) is 49.3 Å². The lowest BCUT2D eigenvalue weighted by atomic mass is 9.98. The quantitative estimate of drug-likeness (QED) is 0.343. The molecule has 2 heterocycles. The molecule has 0 aliphatic heterocycles. The normalized spacial score (nSPS) is 15.1. The summed E-state index contributed by atoms with van der Waals surface area (Å²) < 4.78 is 7.99. The summed E-state index contributed by atoms with van der Waals surface area (Å²) in [5, 5.41) is 9.29. The maximum Gasteiger partial charge on any atom is 0.243 e. The van der Waals surface area contributed by atoms with Crippen LogP contribution in [-0.4, -0.2) is 44.5 Å². The fraction of sp³-hybridized carbons (Fsp3) is 0.400. The van der Waals surface area contributed by atoms with Gasteiger partial charge in [-0.05, 0) is 63.8 Å². The van der Waals surface area contributed by atoms with Gasteiger partial charge in [-0.15, -0.1) is 5.10 Å². The van der Waals surface area contributed by atoms with Gasteiger partial charge in [0.05, 0.1) is 41.1 Å². The van der Waals surface area contributed by atoms with Gasteiger partial charge in [-0.25, -0.2) is 15.5 Å². The zero-order valence-electron chi connectivity index (χ0n) is 20.2. The van der Waals surface area contributed by atoms with E-state index >= 15 is 0 Å². The Bertz CT molecular complexity index is 1130. The molecule has 0 bridgehead atoms. The molecule has 9 nitrogen and oxygen atoms in total. The predicted octanol–water partition coefficient (Wildman–Crippen LogP) is 3.54. The Morgan fingerprint density at radius 1 is 1.09 bits per heavy atom. The van der Waals surface area contributed by atoms with Gasteiger partial charge in [-0.2, -0.15) is 4.98 Å². The number of likely N-dealkylation sites (N-methyl/N-ethyl adjacent to an activating group) is 1. The van der Waals surface area contributed by atoms with Gasteiger partial charge in [0, 0.05) is 7.05 Å². The molecule has 0 saturated heterocycles. The Kier molecular flexibility index (Phi) is 7.32. The summed E-state index contributed by atoms with van der Waals surface area (Å²) >= 11 is 0. The second-order valence-corrected chi connectivity index (χ2v) is 8.71. The second kappa shape index (κ2) is 10.6. The van der Waals surface area contributed by atoms with E-state index in [1.54, 1.807) is 11.7 Å². The highest BCUT2D eigenvalue weighted by atomic mass is 16.5. The Hall–Kier alpha value is -3.59. The van der Waals surface area contributed by atoms with Crippen LogP contribution in [0.25, 0.3) is 11.4 Å². The first-order valence-corrected chi connectivity index (χ1v) is 11.8. The van der Waals surface area contributed by atoms with E-state index in [1.165, 1.54) is 24.3 Å². The molecule has 9 heteroatoms. The monoisotopic (exact) mass is 462 g/mol. The first-order valence-electron chi connectivity index (χ1n) is 11.8. The number of para-hydroxylation sites is 1. The van der Waals surface area contributed by atoms with Gasteiger partial charge in [0.1, 0.15) is 11.6 Å². The number of ether oxygens (including phenoxy) is 1. The van der Waals surface area contributed by atoms with Crippen molar-refractivity contribution < 1.29 is 4.74 Å². The van der Waals surface area contributed by atoms with Crippen molar-refractivity contribution in [2.45, 2.75) is 52.1 Å². The van der Waals surface area contributed by atoms with Crippen LogP contribution < -0.4 is 21.6 Å².